The van der Waals surface area contributed by atoms with Gasteiger partial charge in [0.25, 0.3) is 0 Å². The van der Waals surface area contributed by atoms with Crippen LogP contribution < -0.4 is 9.47 Å². The summed E-state index contributed by atoms with van der Waals surface area (Å²) in [5.41, 5.74) is 0.611. The molecule has 144 valence electrons. The highest BCUT2D eigenvalue weighted by molar-refractivity contribution is 5.90. The molecular formula is C21H24O6. The van der Waals surface area contributed by atoms with Gasteiger partial charge in [-0.05, 0) is 50.6 Å². The molecule has 2 rings (SSSR count). The van der Waals surface area contributed by atoms with Crippen LogP contribution >= 0.6 is 0 Å². The molecule has 0 fully saturated rings. The van der Waals surface area contributed by atoms with E-state index >= 15 is 0 Å². The molecule has 2 aromatic carbocycles. The first kappa shape index (κ1) is 20.3. The summed E-state index contributed by atoms with van der Waals surface area (Å²) in [6.45, 7) is 5.61. The van der Waals surface area contributed by atoms with E-state index in [9.17, 15) is 9.59 Å². The Morgan fingerprint density at radius 3 is 2.26 bits per heavy atom. The molecule has 0 aliphatic heterocycles. The zero-order valence-electron chi connectivity index (χ0n) is 15.7. The maximum Gasteiger partial charge on any atom is 0.344 e. The van der Waals surface area contributed by atoms with E-state index in [0.717, 1.165) is 5.56 Å². The van der Waals surface area contributed by atoms with Crippen LogP contribution in [0.25, 0.3) is 0 Å². The predicted octanol–water partition coefficient (Wildman–Crippen LogP) is 3.73. The van der Waals surface area contributed by atoms with Gasteiger partial charge in [0.1, 0.15) is 22.7 Å². The van der Waals surface area contributed by atoms with Gasteiger partial charge in [0.2, 0.25) is 0 Å². The summed E-state index contributed by atoms with van der Waals surface area (Å²) in [6, 6.07) is 13.8. The second-order valence-corrected chi connectivity index (χ2v) is 6.92. The number of aromatic carboxylic acids is 1. The van der Waals surface area contributed by atoms with Gasteiger partial charge in [-0.2, -0.15) is 0 Å². The lowest BCUT2D eigenvalue weighted by Crippen LogP contribution is -2.27. The third-order valence-corrected chi connectivity index (χ3v) is 3.47. The maximum atomic E-state index is 11.6. The second kappa shape index (κ2) is 9.07. The number of esters is 1. The maximum absolute atomic E-state index is 11.6. The average Bonchev–Trinajstić information content (AvgIpc) is 2.60. The lowest BCUT2D eigenvalue weighted by Gasteiger charge is -2.19. The Morgan fingerprint density at radius 2 is 1.63 bits per heavy atom. The summed E-state index contributed by atoms with van der Waals surface area (Å²) < 4.78 is 16.2. The van der Waals surface area contributed by atoms with E-state index in [1.807, 2.05) is 12.1 Å². The first-order valence-electron chi connectivity index (χ1n) is 8.63. The van der Waals surface area contributed by atoms with E-state index in [1.54, 1.807) is 51.1 Å². The Balaban J connectivity index is 1.81. The molecule has 0 saturated carbocycles. The fourth-order valence-corrected chi connectivity index (χ4v) is 2.31. The number of carboxylic acids is 1. The van der Waals surface area contributed by atoms with E-state index in [4.69, 9.17) is 19.3 Å². The Bertz CT molecular complexity index is 774. The van der Waals surface area contributed by atoms with Gasteiger partial charge < -0.3 is 19.3 Å². The molecule has 0 aromatic heterocycles. The van der Waals surface area contributed by atoms with E-state index in [0.29, 0.717) is 24.5 Å². The SMILES string of the molecule is CC(C)(C)OC(=O)COc1ccc(CCOc2ccccc2C(=O)O)cc1. The lowest BCUT2D eigenvalue weighted by atomic mass is 10.1. The Hall–Kier alpha value is -3.02. The van der Waals surface area contributed by atoms with Crippen LogP contribution in [0.15, 0.2) is 48.5 Å². The number of hydrogen-bond donors (Lipinski definition) is 1. The van der Waals surface area contributed by atoms with Gasteiger partial charge in [-0.1, -0.05) is 24.3 Å². The highest BCUT2D eigenvalue weighted by atomic mass is 16.6. The first-order chi connectivity index (χ1) is 12.7. The van der Waals surface area contributed by atoms with Crippen LogP contribution in [0.2, 0.25) is 0 Å². The molecule has 0 radical (unpaired) electrons. The van der Waals surface area contributed by atoms with Gasteiger partial charge in [0, 0.05) is 6.42 Å². The van der Waals surface area contributed by atoms with Gasteiger partial charge in [0.15, 0.2) is 6.61 Å². The van der Waals surface area contributed by atoms with Crippen molar-refractivity contribution in [3.63, 3.8) is 0 Å². The molecule has 6 nitrogen and oxygen atoms in total. The van der Waals surface area contributed by atoms with Crippen molar-refractivity contribution in [1.29, 1.82) is 0 Å². The van der Waals surface area contributed by atoms with E-state index in [-0.39, 0.29) is 12.2 Å². The number of carbonyl (C=O) groups is 2. The summed E-state index contributed by atoms with van der Waals surface area (Å²) in [7, 11) is 0. The molecule has 0 amide bonds. The van der Waals surface area contributed by atoms with Gasteiger partial charge in [-0.15, -0.1) is 0 Å². The van der Waals surface area contributed by atoms with Crippen LogP contribution in [0, 0.1) is 0 Å². The quantitative estimate of drug-likeness (QED) is 0.711. The lowest BCUT2D eigenvalue weighted by molar-refractivity contribution is -0.157. The van der Waals surface area contributed by atoms with Crippen molar-refractivity contribution in [3.8, 4) is 11.5 Å². The second-order valence-electron chi connectivity index (χ2n) is 6.92. The molecule has 0 bridgehead atoms. The zero-order valence-corrected chi connectivity index (χ0v) is 15.7. The zero-order chi connectivity index (χ0) is 19.9. The summed E-state index contributed by atoms with van der Waals surface area (Å²) in [5, 5.41) is 9.14. The van der Waals surface area contributed by atoms with E-state index in [1.165, 1.54) is 6.07 Å². The normalized spacial score (nSPS) is 10.9. The summed E-state index contributed by atoms with van der Waals surface area (Å²) in [6.07, 6.45) is 0.611. The van der Waals surface area contributed by atoms with Crippen LogP contribution in [0.5, 0.6) is 11.5 Å². The highest BCUT2D eigenvalue weighted by Gasteiger charge is 2.16. The molecule has 0 spiro atoms. The van der Waals surface area contributed by atoms with Gasteiger partial charge in [-0.3, -0.25) is 0 Å². The van der Waals surface area contributed by atoms with Crippen LogP contribution in [0.4, 0.5) is 0 Å². The van der Waals surface area contributed by atoms with Crippen LogP contribution in [-0.2, 0) is 16.0 Å². The summed E-state index contributed by atoms with van der Waals surface area (Å²) >= 11 is 0. The van der Waals surface area contributed by atoms with Gasteiger partial charge >= 0.3 is 11.9 Å². The monoisotopic (exact) mass is 372 g/mol. The third-order valence-electron chi connectivity index (χ3n) is 3.47. The Kier molecular flexibility index (Phi) is 6.82. The fourth-order valence-electron chi connectivity index (χ4n) is 2.31. The molecule has 1 N–H and O–H groups in total. The average molecular weight is 372 g/mol. The molecule has 0 aliphatic rings. The minimum atomic E-state index is -1.02. The first-order valence-corrected chi connectivity index (χ1v) is 8.63. The smallest absolute Gasteiger partial charge is 0.344 e. The van der Waals surface area contributed by atoms with E-state index in [2.05, 4.69) is 0 Å². The third kappa shape index (κ3) is 7.01. The molecule has 2 aromatic rings. The van der Waals surface area contributed by atoms with Crippen molar-refractivity contribution >= 4 is 11.9 Å². The van der Waals surface area contributed by atoms with Crippen molar-refractivity contribution in [1.82, 2.24) is 0 Å². The number of benzene rings is 2. The van der Waals surface area contributed by atoms with Gasteiger partial charge in [-0.25, -0.2) is 9.59 Å². The van der Waals surface area contributed by atoms with Crippen molar-refractivity contribution in [2.75, 3.05) is 13.2 Å². The highest BCUT2D eigenvalue weighted by Crippen LogP contribution is 2.19. The van der Waals surface area contributed by atoms with Crippen molar-refractivity contribution in [2.45, 2.75) is 32.8 Å². The van der Waals surface area contributed by atoms with Gasteiger partial charge in [0.05, 0.1) is 6.61 Å². The molecule has 27 heavy (non-hydrogen) atoms. The molecule has 0 heterocycles. The topological polar surface area (TPSA) is 82.1 Å². The van der Waals surface area contributed by atoms with Crippen molar-refractivity contribution in [2.24, 2.45) is 0 Å². The number of ether oxygens (including phenoxy) is 3. The van der Waals surface area contributed by atoms with Crippen molar-refractivity contribution in [3.05, 3.63) is 59.7 Å². The van der Waals surface area contributed by atoms with E-state index < -0.39 is 17.5 Å². The minimum absolute atomic E-state index is 0.142. The minimum Gasteiger partial charge on any atom is -0.492 e. The summed E-state index contributed by atoms with van der Waals surface area (Å²) in [5.74, 6) is -0.516. The standard InChI is InChI=1S/C21H24O6/c1-21(2,3)27-19(22)14-26-16-10-8-15(9-11-16)12-13-25-18-7-5-4-6-17(18)20(23)24/h4-11H,12-14H2,1-3H3,(H,23,24). The molecular weight excluding hydrogens is 348 g/mol. The largest absolute Gasteiger partial charge is 0.492 e. The fraction of sp³-hybridized carbons (Fsp3) is 0.333. The summed E-state index contributed by atoms with van der Waals surface area (Å²) in [4.78, 5) is 22.8. The number of hydrogen-bond acceptors (Lipinski definition) is 5. The molecule has 6 heteroatoms. The van der Waals surface area contributed by atoms with Crippen LogP contribution in [0.1, 0.15) is 36.7 Å². The number of para-hydroxylation sites is 1. The number of carbonyl (C=O) groups excluding carboxylic acids is 1. The number of rotatable bonds is 8. The predicted molar refractivity (Wildman–Crippen MR) is 100 cm³/mol. The van der Waals surface area contributed by atoms with Crippen LogP contribution in [0.3, 0.4) is 0 Å². The molecule has 0 atom stereocenters. The molecule has 0 unspecified atom stereocenters. The number of carboxylic acid groups (broad SMARTS) is 1. The molecule has 0 aliphatic carbocycles. The Morgan fingerprint density at radius 1 is 0.963 bits per heavy atom. The van der Waals surface area contributed by atoms with Crippen molar-refractivity contribution < 1.29 is 28.9 Å². The Labute approximate surface area is 158 Å². The molecule has 0 saturated heterocycles. The van der Waals surface area contributed by atoms with Crippen LogP contribution in [-0.4, -0.2) is 35.9 Å².